The number of benzene rings is 2. The zero-order valence-electron chi connectivity index (χ0n) is 16.6. The summed E-state index contributed by atoms with van der Waals surface area (Å²) in [5, 5.41) is 22.0. The van der Waals surface area contributed by atoms with E-state index in [0.717, 1.165) is 24.3 Å². The largest absolute Gasteiger partial charge is 0.534 e. The Bertz CT molecular complexity index is 1250. The summed E-state index contributed by atoms with van der Waals surface area (Å²) < 4.78 is 63.8. The monoisotopic (exact) mass is 538 g/mol. The molecule has 2 aromatic carbocycles. The van der Waals surface area contributed by atoms with E-state index in [1.54, 1.807) is 12.0 Å². The quantitative estimate of drug-likeness (QED) is 0.0708. The van der Waals surface area contributed by atoms with Crippen LogP contribution in [0.1, 0.15) is 11.1 Å². The molecule has 0 aliphatic rings. The Morgan fingerprint density at radius 1 is 1.00 bits per heavy atom. The SMILES string of the molecule is O=C(C#COOOOO)C(=O)NN=C(c1ccc(Cl)cc1)c1ccc(OS(=O)(=O)C(F)(F)F)cc1. The zero-order chi connectivity index (χ0) is 26.1. The van der Waals surface area contributed by atoms with Gasteiger partial charge >= 0.3 is 21.5 Å². The van der Waals surface area contributed by atoms with E-state index in [-0.39, 0.29) is 11.3 Å². The van der Waals surface area contributed by atoms with Crippen LogP contribution >= 0.6 is 11.6 Å². The van der Waals surface area contributed by atoms with Crippen molar-refractivity contribution < 1.29 is 60.6 Å². The molecule has 0 radical (unpaired) electrons. The summed E-state index contributed by atoms with van der Waals surface area (Å²) in [4.78, 5) is 27.5. The Balaban J connectivity index is 2.27. The Labute approximate surface area is 198 Å². The number of rotatable bonds is 9. The summed E-state index contributed by atoms with van der Waals surface area (Å²) in [6, 6.07) is 10.0. The number of nitrogens with zero attached hydrogens (tertiary/aromatic N) is 1. The molecule has 0 heterocycles. The van der Waals surface area contributed by atoms with E-state index in [0.29, 0.717) is 10.6 Å². The van der Waals surface area contributed by atoms with E-state index in [9.17, 15) is 31.2 Å². The molecule has 0 bridgehead atoms. The van der Waals surface area contributed by atoms with E-state index < -0.39 is 33.1 Å². The molecule has 1 amide bonds. The lowest BCUT2D eigenvalue weighted by Gasteiger charge is -2.11. The van der Waals surface area contributed by atoms with Gasteiger partial charge in [0, 0.05) is 32.1 Å². The molecule has 186 valence electrons. The zero-order valence-corrected chi connectivity index (χ0v) is 18.2. The van der Waals surface area contributed by atoms with Crippen molar-refractivity contribution in [3.63, 3.8) is 0 Å². The van der Waals surface area contributed by atoms with Crippen molar-refractivity contribution in [1.29, 1.82) is 0 Å². The second kappa shape index (κ2) is 12.1. The fourth-order valence-corrected chi connectivity index (χ4v) is 2.66. The molecular formula is C18H10ClF3N2O10S. The molecule has 0 aromatic heterocycles. The van der Waals surface area contributed by atoms with Crippen molar-refractivity contribution in [2.75, 3.05) is 0 Å². The van der Waals surface area contributed by atoms with Gasteiger partial charge in [0.2, 0.25) is 0 Å². The number of halogens is 4. The molecule has 0 aliphatic carbocycles. The first-order valence-corrected chi connectivity index (χ1v) is 10.3. The van der Waals surface area contributed by atoms with Crippen LogP contribution in [0.25, 0.3) is 0 Å². The number of hydrogen-bond acceptors (Lipinski definition) is 11. The number of ketones is 1. The van der Waals surface area contributed by atoms with Crippen LogP contribution in [0.5, 0.6) is 5.75 Å². The Morgan fingerprint density at radius 2 is 1.57 bits per heavy atom. The van der Waals surface area contributed by atoms with Gasteiger partial charge in [0.15, 0.2) is 6.11 Å². The number of carbonyl (C=O) groups excluding carboxylic acids is 2. The third-order valence-electron chi connectivity index (χ3n) is 3.51. The van der Waals surface area contributed by atoms with E-state index in [1.807, 2.05) is 5.43 Å². The summed E-state index contributed by atoms with van der Waals surface area (Å²) in [7, 11) is -5.88. The van der Waals surface area contributed by atoms with Gasteiger partial charge in [0.25, 0.3) is 5.78 Å². The van der Waals surface area contributed by atoms with Gasteiger partial charge in [-0.05, 0) is 41.4 Å². The van der Waals surface area contributed by atoms with Gasteiger partial charge in [0.05, 0.1) is 5.71 Å². The minimum absolute atomic E-state index is 0.00548. The molecule has 0 aliphatic heterocycles. The minimum atomic E-state index is -5.88. The lowest BCUT2D eigenvalue weighted by molar-refractivity contribution is -0.691. The summed E-state index contributed by atoms with van der Waals surface area (Å²) in [6.07, 6.45) is 1.59. The summed E-state index contributed by atoms with van der Waals surface area (Å²) in [5.41, 5.74) is -3.21. The highest BCUT2D eigenvalue weighted by Crippen LogP contribution is 2.27. The van der Waals surface area contributed by atoms with Crippen LogP contribution in [0.3, 0.4) is 0 Å². The van der Waals surface area contributed by atoms with E-state index in [1.165, 1.54) is 24.3 Å². The van der Waals surface area contributed by atoms with Gasteiger partial charge < -0.3 is 4.18 Å². The Kier molecular flexibility index (Phi) is 9.53. The van der Waals surface area contributed by atoms with Crippen molar-refractivity contribution in [2.24, 2.45) is 5.10 Å². The highest BCUT2D eigenvalue weighted by atomic mass is 35.5. The van der Waals surface area contributed by atoms with Crippen LogP contribution in [0.4, 0.5) is 13.2 Å². The van der Waals surface area contributed by atoms with Crippen LogP contribution in [-0.4, -0.2) is 36.6 Å². The molecule has 2 N–H and O–H groups in total. The third kappa shape index (κ3) is 8.22. The predicted molar refractivity (Wildman–Crippen MR) is 107 cm³/mol. The molecule has 17 heteroatoms. The fourth-order valence-electron chi connectivity index (χ4n) is 2.07. The van der Waals surface area contributed by atoms with Gasteiger partial charge in [-0.2, -0.15) is 26.7 Å². The maximum absolute atomic E-state index is 12.5. The molecule has 2 aromatic rings. The molecule has 2 rings (SSSR count). The lowest BCUT2D eigenvalue weighted by Crippen LogP contribution is -2.28. The Hall–Kier alpha value is -3.72. The molecule has 35 heavy (non-hydrogen) atoms. The van der Waals surface area contributed by atoms with Crippen LogP contribution in [0.2, 0.25) is 5.02 Å². The lowest BCUT2D eigenvalue weighted by atomic mass is 10.0. The first kappa shape index (κ1) is 27.5. The molecular weight excluding hydrogens is 529 g/mol. The van der Waals surface area contributed by atoms with Gasteiger partial charge in [-0.15, -0.1) is 0 Å². The van der Waals surface area contributed by atoms with Gasteiger partial charge in [-0.3, -0.25) is 9.59 Å². The first-order valence-electron chi connectivity index (χ1n) is 8.55. The predicted octanol–water partition coefficient (Wildman–Crippen LogP) is 2.25. The first-order chi connectivity index (χ1) is 16.4. The molecule has 0 saturated heterocycles. The highest BCUT2D eigenvalue weighted by molar-refractivity contribution is 7.88. The topological polar surface area (TPSA) is 159 Å². The van der Waals surface area contributed by atoms with Crippen LogP contribution < -0.4 is 9.61 Å². The van der Waals surface area contributed by atoms with Gasteiger partial charge in [-0.1, -0.05) is 23.7 Å². The highest BCUT2D eigenvalue weighted by Gasteiger charge is 2.48. The fraction of sp³-hybridized carbons (Fsp3) is 0.0556. The molecule has 12 nitrogen and oxygen atoms in total. The minimum Gasteiger partial charge on any atom is -0.376 e. The van der Waals surface area contributed by atoms with Gasteiger partial charge in [0.1, 0.15) is 5.75 Å². The van der Waals surface area contributed by atoms with Crippen LogP contribution in [-0.2, 0) is 39.7 Å². The van der Waals surface area contributed by atoms with E-state index in [4.69, 9.17) is 16.9 Å². The van der Waals surface area contributed by atoms with Crippen molar-refractivity contribution in [3.05, 3.63) is 64.7 Å². The van der Waals surface area contributed by atoms with Crippen LogP contribution in [0.15, 0.2) is 53.6 Å². The number of alkyl halides is 3. The summed E-state index contributed by atoms with van der Waals surface area (Å²) in [5.74, 6) is -1.65. The maximum Gasteiger partial charge on any atom is 0.534 e. The number of hydrogen-bond donors (Lipinski definition) is 2. The number of hydrazone groups is 1. The normalized spacial score (nSPS) is 11.7. The number of amides is 1. The molecule has 0 atom stereocenters. The Morgan fingerprint density at radius 3 is 2.11 bits per heavy atom. The van der Waals surface area contributed by atoms with E-state index in [2.05, 4.69) is 29.3 Å². The van der Waals surface area contributed by atoms with Crippen molar-refractivity contribution in [1.82, 2.24) is 5.43 Å². The standard InChI is InChI=1S/C18H10ClF3N2O10S/c19-13-5-1-11(2-6-13)16(23-24-17(26)15(25)9-10-30-33-34-32-27)12-3-7-14(8-4-12)31-35(28,29)18(20,21)22/h1-8,27H,(H,24,26). The van der Waals surface area contributed by atoms with Crippen molar-refractivity contribution >= 4 is 39.1 Å². The van der Waals surface area contributed by atoms with Crippen molar-refractivity contribution in [2.45, 2.75) is 5.51 Å². The maximum atomic E-state index is 12.5. The third-order valence-corrected chi connectivity index (χ3v) is 4.74. The molecule has 0 saturated carbocycles. The van der Waals surface area contributed by atoms with Crippen molar-refractivity contribution in [3.8, 4) is 17.8 Å². The second-order valence-corrected chi connectivity index (χ2v) is 7.74. The molecule has 0 unspecified atom stereocenters. The molecule has 0 fully saturated rings. The molecule has 0 spiro atoms. The van der Waals surface area contributed by atoms with Gasteiger partial charge in [-0.25, -0.2) is 15.6 Å². The second-order valence-electron chi connectivity index (χ2n) is 5.77. The van der Waals surface area contributed by atoms with E-state index >= 15 is 0 Å². The van der Waals surface area contributed by atoms with Crippen LogP contribution in [0, 0.1) is 12.0 Å². The number of nitrogens with one attached hydrogen (secondary N) is 1. The average Bonchev–Trinajstić information content (AvgIpc) is 2.80. The average molecular weight is 539 g/mol. The summed E-state index contributed by atoms with van der Waals surface area (Å²) >= 11 is 5.84. The smallest absolute Gasteiger partial charge is 0.376 e. The summed E-state index contributed by atoms with van der Waals surface area (Å²) in [6.45, 7) is 0. The number of carbonyl (C=O) groups is 2. The number of Topliss-reactive ketones (excluding diaryl/α,β-unsaturated/α-hetero) is 1.